The molecule has 0 aromatic carbocycles. The van der Waals surface area contributed by atoms with Crippen LogP contribution in [0.1, 0.15) is 58.8 Å². The predicted octanol–water partition coefficient (Wildman–Crippen LogP) is 3.64. The maximum atomic E-state index is 10.8. The molecule has 1 aliphatic carbocycles. The van der Waals surface area contributed by atoms with Gasteiger partial charge in [-0.2, -0.15) is 0 Å². The molecule has 1 aliphatic heterocycles. The van der Waals surface area contributed by atoms with Gasteiger partial charge in [0.25, 0.3) is 0 Å². The van der Waals surface area contributed by atoms with Crippen molar-refractivity contribution >= 4 is 5.97 Å². The zero-order chi connectivity index (χ0) is 14.5. The summed E-state index contributed by atoms with van der Waals surface area (Å²) < 4.78 is 0. The van der Waals surface area contributed by atoms with Crippen LogP contribution >= 0.6 is 0 Å². The molecule has 1 heterocycles. The van der Waals surface area contributed by atoms with Crippen molar-refractivity contribution in [2.75, 3.05) is 19.6 Å². The van der Waals surface area contributed by atoms with Crippen molar-refractivity contribution in [3.8, 4) is 0 Å². The van der Waals surface area contributed by atoms with Crippen LogP contribution in [-0.2, 0) is 4.79 Å². The highest BCUT2D eigenvalue weighted by atomic mass is 16.4. The van der Waals surface area contributed by atoms with E-state index in [4.69, 9.17) is 5.11 Å². The van der Waals surface area contributed by atoms with Crippen LogP contribution in [0, 0.1) is 23.7 Å². The van der Waals surface area contributed by atoms with Gasteiger partial charge in [0, 0.05) is 19.5 Å². The summed E-state index contributed by atoms with van der Waals surface area (Å²) >= 11 is 0. The molecular weight excluding hydrogens is 250 g/mol. The molecule has 1 N–H and O–H groups in total. The minimum absolute atomic E-state index is 0.358. The van der Waals surface area contributed by atoms with Gasteiger partial charge in [0.1, 0.15) is 0 Å². The molecule has 0 aromatic heterocycles. The maximum absolute atomic E-state index is 10.8. The minimum Gasteiger partial charge on any atom is -0.481 e. The molecule has 0 spiro atoms. The molecule has 1 saturated heterocycles. The summed E-state index contributed by atoms with van der Waals surface area (Å²) in [5, 5.41) is 8.94. The first kappa shape index (κ1) is 15.8. The van der Waals surface area contributed by atoms with Crippen molar-refractivity contribution in [3.05, 3.63) is 0 Å². The Morgan fingerprint density at radius 3 is 2.45 bits per heavy atom. The lowest BCUT2D eigenvalue weighted by Gasteiger charge is -2.37. The Kier molecular flexibility index (Phi) is 5.88. The number of rotatable bonds is 5. The summed E-state index contributed by atoms with van der Waals surface area (Å²) in [6.45, 7) is 8.11. The third-order valence-electron chi connectivity index (χ3n) is 5.42. The molecule has 1 saturated carbocycles. The number of carboxylic acids is 1. The molecule has 0 bridgehead atoms. The first-order valence-corrected chi connectivity index (χ1v) is 8.48. The van der Waals surface area contributed by atoms with Gasteiger partial charge in [0.2, 0.25) is 0 Å². The van der Waals surface area contributed by atoms with E-state index in [0.29, 0.717) is 12.3 Å². The van der Waals surface area contributed by atoms with Gasteiger partial charge in [-0.25, -0.2) is 0 Å². The second-order valence-electron chi connectivity index (χ2n) is 7.39. The molecular formula is C17H31NO2. The lowest BCUT2D eigenvalue weighted by molar-refractivity contribution is -0.138. The normalized spacial score (nSPS) is 32.5. The molecule has 2 aliphatic rings. The molecule has 0 amide bonds. The summed E-state index contributed by atoms with van der Waals surface area (Å²) in [6, 6.07) is 0. The van der Waals surface area contributed by atoms with Gasteiger partial charge in [-0.05, 0) is 68.7 Å². The van der Waals surface area contributed by atoms with Crippen LogP contribution in [0.4, 0.5) is 0 Å². The maximum Gasteiger partial charge on any atom is 0.303 e. The van der Waals surface area contributed by atoms with E-state index in [-0.39, 0.29) is 0 Å². The number of likely N-dealkylation sites (tertiary alicyclic amines) is 1. The summed E-state index contributed by atoms with van der Waals surface area (Å²) in [6.07, 6.45) is 8.19. The highest BCUT2D eigenvalue weighted by molar-refractivity contribution is 5.67. The molecule has 0 radical (unpaired) electrons. The van der Waals surface area contributed by atoms with E-state index in [1.54, 1.807) is 0 Å². The summed E-state index contributed by atoms with van der Waals surface area (Å²) in [5.74, 6) is 2.38. The third kappa shape index (κ3) is 4.76. The van der Waals surface area contributed by atoms with E-state index in [9.17, 15) is 4.79 Å². The van der Waals surface area contributed by atoms with Crippen molar-refractivity contribution in [1.82, 2.24) is 4.90 Å². The fraction of sp³-hybridized carbons (Fsp3) is 0.941. The zero-order valence-corrected chi connectivity index (χ0v) is 13.2. The Bertz CT molecular complexity index is 308. The molecule has 1 atom stereocenters. The largest absolute Gasteiger partial charge is 0.481 e. The van der Waals surface area contributed by atoms with E-state index in [2.05, 4.69) is 18.7 Å². The summed E-state index contributed by atoms with van der Waals surface area (Å²) in [7, 11) is 0. The molecule has 116 valence electrons. The molecule has 3 nitrogen and oxygen atoms in total. The van der Waals surface area contributed by atoms with E-state index in [1.165, 1.54) is 45.2 Å². The Hall–Kier alpha value is -0.570. The van der Waals surface area contributed by atoms with Crippen LogP contribution in [0.25, 0.3) is 0 Å². The second kappa shape index (κ2) is 7.44. The number of piperidine rings is 1. The van der Waals surface area contributed by atoms with E-state index in [0.717, 1.165) is 30.7 Å². The molecule has 2 rings (SSSR count). The number of hydrogen-bond acceptors (Lipinski definition) is 2. The SMILES string of the molecule is CC(C)C1CCC(CN2CCCC(CC(=O)O)C2)CC1. The number of aliphatic carboxylic acids is 1. The average Bonchev–Trinajstić information content (AvgIpc) is 2.39. The van der Waals surface area contributed by atoms with Gasteiger partial charge in [0.15, 0.2) is 0 Å². The van der Waals surface area contributed by atoms with Crippen LogP contribution in [0.2, 0.25) is 0 Å². The van der Waals surface area contributed by atoms with Gasteiger partial charge < -0.3 is 10.0 Å². The monoisotopic (exact) mass is 281 g/mol. The van der Waals surface area contributed by atoms with E-state index in [1.807, 2.05) is 0 Å². The van der Waals surface area contributed by atoms with Crippen LogP contribution < -0.4 is 0 Å². The highest BCUT2D eigenvalue weighted by Gasteiger charge is 2.27. The lowest BCUT2D eigenvalue weighted by Crippen LogP contribution is -2.40. The minimum atomic E-state index is -0.630. The first-order chi connectivity index (χ1) is 9.54. The van der Waals surface area contributed by atoms with Crippen LogP contribution in [0.3, 0.4) is 0 Å². The second-order valence-corrected chi connectivity index (χ2v) is 7.39. The van der Waals surface area contributed by atoms with Crippen molar-refractivity contribution in [1.29, 1.82) is 0 Å². The standard InChI is InChI=1S/C17H31NO2/c1-13(2)16-7-5-14(6-8-16)11-18-9-3-4-15(12-18)10-17(19)20/h13-16H,3-12H2,1-2H3,(H,19,20). The quantitative estimate of drug-likeness (QED) is 0.836. The fourth-order valence-corrected chi connectivity index (χ4v) is 4.13. The van der Waals surface area contributed by atoms with Gasteiger partial charge in [-0.1, -0.05) is 13.8 Å². The lowest BCUT2D eigenvalue weighted by atomic mass is 9.76. The molecule has 20 heavy (non-hydrogen) atoms. The predicted molar refractivity (Wildman–Crippen MR) is 81.7 cm³/mol. The Morgan fingerprint density at radius 1 is 1.15 bits per heavy atom. The van der Waals surface area contributed by atoms with Gasteiger partial charge in [-0.3, -0.25) is 4.79 Å². The highest BCUT2D eigenvalue weighted by Crippen LogP contribution is 2.34. The first-order valence-electron chi connectivity index (χ1n) is 8.48. The average molecular weight is 281 g/mol. The van der Waals surface area contributed by atoms with Crippen LogP contribution in [-0.4, -0.2) is 35.6 Å². The van der Waals surface area contributed by atoms with Crippen LogP contribution in [0.5, 0.6) is 0 Å². The van der Waals surface area contributed by atoms with Gasteiger partial charge in [-0.15, -0.1) is 0 Å². The van der Waals surface area contributed by atoms with E-state index < -0.39 is 5.97 Å². The van der Waals surface area contributed by atoms with Crippen LogP contribution in [0.15, 0.2) is 0 Å². The Morgan fingerprint density at radius 2 is 1.85 bits per heavy atom. The van der Waals surface area contributed by atoms with Crippen molar-refractivity contribution in [2.24, 2.45) is 23.7 Å². The van der Waals surface area contributed by atoms with Gasteiger partial charge in [0.05, 0.1) is 0 Å². The Labute approximate surface area is 123 Å². The summed E-state index contributed by atoms with van der Waals surface area (Å²) in [5.41, 5.74) is 0. The smallest absolute Gasteiger partial charge is 0.303 e. The number of carboxylic acid groups (broad SMARTS) is 1. The fourth-order valence-electron chi connectivity index (χ4n) is 4.13. The molecule has 1 unspecified atom stereocenters. The third-order valence-corrected chi connectivity index (χ3v) is 5.42. The number of carbonyl (C=O) groups is 1. The molecule has 0 aromatic rings. The topological polar surface area (TPSA) is 40.5 Å². The Balaban J connectivity index is 1.72. The number of hydrogen-bond donors (Lipinski definition) is 1. The van der Waals surface area contributed by atoms with E-state index >= 15 is 0 Å². The summed E-state index contributed by atoms with van der Waals surface area (Å²) in [4.78, 5) is 13.4. The van der Waals surface area contributed by atoms with Crippen molar-refractivity contribution in [3.63, 3.8) is 0 Å². The van der Waals surface area contributed by atoms with Gasteiger partial charge >= 0.3 is 5.97 Å². The molecule has 3 heteroatoms. The van der Waals surface area contributed by atoms with Crippen molar-refractivity contribution in [2.45, 2.75) is 58.8 Å². The number of nitrogens with zero attached hydrogens (tertiary/aromatic N) is 1. The zero-order valence-electron chi connectivity index (χ0n) is 13.2. The molecule has 2 fully saturated rings. The van der Waals surface area contributed by atoms with Crippen molar-refractivity contribution < 1.29 is 9.90 Å².